The lowest BCUT2D eigenvalue weighted by atomic mass is 9.82. The molecule has 1 saturated carbocycles. The quantitative estimate of drug-likeness (QED) is 0.372. The Morgan fingerprint density at radius 1 is 1.05 bits per heavy atom. The van der Waals surface area contributed by atoms with Gasteiger partial charge in [-0.05, 0) is 25.8 Å². The minimum atomic E-state index is -0.666. The van der Waals surface area contributed by atoms with Gasteiger partial charge in [0.05, 0.1) is 6.54 Å². The normalized spacial score (nSPS) is 18.4. The minimum Gasteiger partial charge on any atom is -0.310 e. The molecule has 0 saturated heterocycles. The zero-order chi connectivity index (χ0) is 14.0. The van der Waals surface area contributed by atoms with Crippen molar-refractivity contribution in [3.05, 3.63) is 10.1 Å². The fraction of sp³-hybridized carbons (Fsp3) is 1.00. The second kappa shape index (κ2) is 9.29. The predicted molar refractivity (Wildman–Crippen MR) is 79.1 cm³/mol. The first-order chi connectivity index (χ1) is 9.21. The van der Waals surface area contributed by atoms with Crippen molar-refractivity contribution in [3.8, 4) is 0 Å². The second-order valence-electron chi connectivity index (χ2n) is 5.99. The van der Waals surface area contributed by atoms with Gasteiger partial charge in [-0.2, -0.15) is 0 Å². The number of nitrogens with one attached hydrogen (secondary N) is 1. The Labute approximate surface area is 117 Å². The fourth-order valence-corrected chi connectivity index (χ4v) is 2.99. The monoisotopic (exact) mass is 270 g/mol. The van der Waals surface area contributed by atoms with Crippen LogP contribution in [-0.2, 0) is 0 Å². The molecule has 4 nitrogen and oxygen atoms in total. The average Bonchev–Trinajstić information content (AvgIpc) is 2.42. The Hall–Kier alpha value is -0.640. The van der Waals surface area contributed by atoms with E-state index in [2.05, 4.69) is 12.2 Å². The van der Waals surface area contributed by atoms with E-state index in [1.165, 1.54) is 32.1 Å². The van der Waals surface area contributed by atoms with Gasteiger partial charge in [-0.15, -0.1) is 0 Å². The van der Waals surface area contributed by atoms with Crippen molar-refractivity contribution in [2.75, 3.05) is 13.1 Å². The molecule has 112 valence electrons. The molecular formula is C15H30N2O2. The molecular weight excluding hydrogens is 240 g/mol. The van der Waals surface area contributed by atoms with E-state index in [9.17, 15) is 10.1 Å². The third-order valence-electron chi connectivity index (χ3n) is 4.33. The summed E-state index contributed by atoms with van der Waals surface area (Å²) in [6.45, 7) is 3.72. The van der Waals surface area contributed by atoms with Crippen molar-refractivity contribution in [2.24, 2.45) is 0 Å². The Morgan fingerprint density at radius 3 is 2.32 bits per heavy atom. The van der Waals surface area contributed by atoms with Crippen LogP contribution in [0.4, 0.5) is 0 Å². The number of nitro groups is 1. The number of unbranched alkanes of at least 4 members (excludes halogenated alkanes) is 5. The number of nitrogens with zero attached hydrogens (tertiary/aromatic N) is 1. The smallest absolute Gasteiger partial charge is 0.234 e. The summed E-state index contributed by atoms with van der Waals surface area (Å²) in [6, 6.07) is 0. The molecule has 1 rings (SSSR count). The second-order valence-corrected chi connectivity index (χ2v) is 5.99. The van der Waals surface area contributed by atoms with Crippen molar-refractivity contribution in [3.63, 3.8) is 0 Å². The molecule has 1 N–H and O–H groups in total. The number of hydrogen-bond donors (Lipinski definition) is 1. The van der Waals surface area contributed by atoms with Gasteiger partial charge in [0.25, 0.3) is 0 Å². The van der Waals surface area contributed by atoms with Crippen LogP contribution in [-0.4, -0.2) is 23.6 Å². The van der Waals surface area contributed by atoms with Gasteiger partial charge in [-0.3, -0.25) is 10.1 Å². The first-order valence-corrected chi connectivity index (χ1v) is 8.06. The summed E-state index contributed by atoms with van der Waals surface area (Å²) in [5.74, 6) is 0. The predicted octanol–water partition coefficient (Wildman–Crippen LogP) is 3.92. The molecule has 0 aromatic heterocycles. The van der Waals surface area contributed by atoms with E-state index in [1.54, 1.807) is 0 Å². The molecule has 1 aliphatic carbocycles. The van der Waals surface area contributed by atoms with Gasteiger partial charge in [0, 0.05) is 17.8 Å². The highest BCUT2D eigenvalue weighted by Gasteiger charge is 2.43. The Morgan fingerprint density at radius 2 is 1.68 bits per heavy atom. The van der Waals surface area contributed by atoms with Crippen LogP contribution in [0.15, 0.2) is 0 Å². The van der Waals surface area contributed by atoms with Crippen LogP contribution in [0.3, 0.4) is 0 Å². The molecule has 0 aromatic rings. The third kappa shape index (κ3) is 5.89. The van der Waals surface area contributed by atoms with Crippen LogP contribution >= 0.6 is 0 Å². The van der Waals surface area contributed by atoms with Gasteiger partial charge in [0.1, 0.15) is 0 Å². The molecule has 0 aliphatic heterocycles. The van der Waals surface area contributed by atoms with Crippen LogP contribution in [0.1, 0.15) is 77.6 Å². The van der Waals surface area contributed by atoms with Gasteiger partial charge >= 0.3 is 0 Å². The molecule has 0 aromatic carbocycles. The molecule has 0 bridgehead atoms. The number of rotatable bonds is 10. The van der Waals surface area contributed by atoms with Crippen molar-refractivity contribution in [1.29, 1.82) is 0 Å². The summed E-state index contributed by atoms with van der Waals surface area (Å²) in [5, 5.41) is 14.6. The summed E-state index contributed by atoms with van der Waals surface area (Å²) in [7, 11) is 0. The van der Waals surface area contributed by atoms with Crippen LogP contribution < -0.4 is 5.32 Å². The third-order valence-corrected chi connectivity index (χ3v) is 4.33. The molecule has 0 unspecified atom stereocenters. The van der Waals surface area contributed by atoms with Crippen LogP contribution in [0.25, 0.3) is 0 Å². The first kappa shape index (κ1) is 16.4. The van der Waals surface area contributed by atoms with E-state index in [0.717, 1.165) is 45.1 Å². The zero-order valence-electron chi connectivity index (χ0n) is 12.5. The summed E-state index contributed by atoms with van der Waals surface area (Å²) in [5.41, 5.74) is -0.666. The van der Waals surface area contributed by atoms with E-state index in [4.69, 9.17) is 0 Å². The van der Waals surface area contributed by atoms with E-state index in [1.807, 2.05) is 0 Å². The van der Waals surface area contributed by atoms with Crippen LogP contribution in [0.2, 0.25) is 0 Å². The van der Waals surface area contributed by atoms with E-state index < -0.39 is 5.54 Å². The van der Waals surface area contributed by atoms with Crippen LogP contribution in [0, 0.1) is 10.1 Å². The van der Waals surface area contributed by atoms with E-state index >= 15 is 0 Å². The molecule has 0 atom stereocenters. The summed E-state index contributed by atoms with van der Waals surface area (Å²) in [4.78, 5) is 11.3. The molecule has 0 radical (unpaired) electrons. The van der Waals surface area contributed by atoms with E-state index in [0.29, 0.717) is 6.54 Å². The molecule has 0 heterocycles. The van der Waals surface area contributed by atoms with Crippen molar-refractivity contribution in [1.82, 2.24) is 5.32 Å². The largest absolute Gasteiger partial charge is 0.310 e. The molecule has 19 heavy (non-hydrogen) atoms. The maximum absolute atomic E-state index is 11.3. The lowest BCUT2D eigenvalue weighted by Gasteiger charge is -2.29. The maximum atomic E-state index is 11.3. The topological polar surface area (TPSA) is 55.2 Å². The fourth-order valence-electron chi connectivity index (χ4n) is 2.99. The van der Waals surface area contributed by atoms with Crippen molar-refractivity contribution < 1.29 is 4.92 Å². The van der Waals surface area contributed by atoms with Gasteiger partial charge < -0.3 is 5.32 Å². The SMILES string of the molecule is CCCCCCCCNCC1([N+](=O)[O-])CCCCC1. The van der Waals surface area contributed by atoms with E-state index in [-0.39, 0.29) is 4.92 Å². The zero-order valence-corrected chi connectivity index (χ0v) is 12.5. The lowest BCUT2D eigenvalue weighted by molar-refractivity contribution is -0.572. The summed E-state index contributed by atoms with van der Waals surface area (Å²) >= 11 is 0. The standard InChI is InChI=1S/C15H30N2O2/c1-2-3-4-5-6-10-13-16-14-15(17(18)19)11-8-7-9-12-15/h16H,2-14H2,1H3. The molecule has 0 amide bonds. The lowest BCUT2D eigenvalue weighted by Crippen LogP contribution is -2.48. The van der Waals surface area contributed by atoms with Gasteiger partial charge in [-0.1, -0.05) is 45.4 Å². The minimum absolute atomic E-state index is 0.0274. The molecule has 1 aliphatic rings. The summed E-state index contributed by atoms with van der Waals surface area (Å²) in [6.07, 6.45) is 12.3. The average molecular weight is 270 g/mol. The Kier molecular flexibility index (Phi) is 8.03. The maximum Gasteiger partial charge on any atom is 0.234 e. The molecule has 4 heteroatoms. The Balaban J connectivity index is 2.10. The van der Waals surface area contributed by atoms with Gasteiger partial charge in [-0.25, -0.2) is 0 Å². The van der Waals surface area contributed by atoms with Gasteiger partial charge in [0.15, 0.2) is 0 Å². The van der Waals surface area contributed by atoms with Crippen LogP contribution in [0.5, 0.6) is 0 Å². The molecule has 0 spiro atoms. The summed E-state index contributed by atoms with van der Waals surface area (Å²) < 4.78 is 0. The highest BCUT2D eigenvalue weighted by molar-refractivity contribution is 4.85. The highest BCUT2D eigenvalue weighted by atomic mass is 16.6. The Bertz CT molecular complexity index is 251. The first-order valence-electron chi connectivity index (χ1n) is 8.06. The van der Waals surface area contributed by atoms with Crippen molar-refractivity contribution in [2.45, 2.75) is 83.1 Å². The van der Waals surface area contributed by atoms with Crippen molar-refractivity contribution >= 4 is 0 Å². The van der Waals surface area contributed by atoms with Gasteiger partial charge in [0.2, 0.25) is 5.54 Å². The molecule has 1 fully saturated rings. The number of hydrogen-bond acceptors (Lipinski definition) is 3. The highest BCUT2D eigenvalue weighted by Crippen LogP contribution is 2.30.